The third-order valence-corrected chi connectivity index (χ3v) is 3.11. The maximum absolute atomic E-state index is 11.4. The number of ether oxygens (including phenoxy) is 1. The molecule has 1 saturated carbocycles. The summed E-state index contributed by atoms with van der Waals surface area (Å²) in [5.41, 5.74) is -0.0525. The van der Waals surface area contributed by atoms with Crippen LogP contribution in [0, 0.1) is 5.41 Å². The van der Waals surface area contributed by atoms with Crippen LogP contribution >= 0.6 is 0 Å². The lowest BCUT2D eigenvalue weighted by Crippen LogP contribution is -2.46. The second kappa shape index (κ2) is 4.75. The SMILES string of the molecule is CO[C@@H](C)C(=O)NCC1(CO)CCC1. The van der Waals surface area contributed by atoms with Gasteiger partial charge in [0.2, 0.25) is 5.91 Å². The first-order valence-electron chi connectivity index (χ1n) is 5.05. The minimum absolute atomic E-state index is 0.0525. The molecule has 1 atom stereocenters. The Labute approximate surface area is 84.6 Å². The van der Waals surface area contributed by atoms with E-state index in [2.05, 4.69) is 5.32 Å². The van der Waals surface area contributed by atoms with Crippen molar-refractivity contribution in [1.82, 2.24) is 5.32 Å². The molecule has 2 N–H and O–H groups in total. The maximum Gasteiger partial charge on any atom is 0.248 e. The zero-order chi connectivity index (χ0) is 10.6. The van der Waals surface area contributed by atoms with Gasteiger partial charge in [-0.1, -0.05) is 6.42 Å². The number of aliphatic hydroxyl groups excluding tert-OH is 1. The highest BCUT2D eigenvalue weighted by atomic mass is 16.5. The smallest absolute Gasteiger partial charge is 0.248 e. The summed E-state index contributed by atoms with van der Waals surface area (Å²) in [6.07, 6.45) is 2.75. The lowest BCUT2D eigenvalue weighted by molar-refractivity contribution is -0.131. The number of aliphatic hydroxyl groups is 1. The summed E-state index contributed by atoms with van der Waals surface area (Å²) in [5.74, 6) is -0.104. The predicted molar refractivity (Wildman–Crippen MR) is 52.9 cm³/mol. The van der Waals surface area contributed by atoms with E-state index in [0.29, 0.717) is 6.54 Å². The van der Waals surface area contributed by atoms with Gasteiger partial charge in [-0.05, 0) is 19.8 Å². The van der Waals surface area contributed by atoms with Gasteiger partial charge in [0, 0.05) is 19.1 Å². The molecule has 1 rings (SSSR count). The molecule has 1 amide bonds. The highest BCUT2D eigenvalue weighted by molar-refractivity contribution is 5.80. The third kappa shape index (κ3) is 2.45. The first kappa shape index (κ1) is 11.5. The number of carbonyl (C=O) groups is 1. The molecule has 0 aromatic heterocycles. The molecule has 14 heavy (non-hydrogen) atoms. The lowest BCUT2D eigenvalue weighted by Gasteiger charge is -2.40. The fourth-order valence-corrected chi connectivity index (χ4v) is 1.59. The van der Waals surface area contributed by atoms with Gasteiger partial charge in [-0.3, -0.25) is 4.79 Å². The normalized spacial score (nSPS) is 21.1. The van der Waals surface area contributed by atoms with Gasteiger partial charge in [0.25, 0.3) is 0 Å². The van der Waals surface area contributed by atoms with Gasteiger partial charge in [0.15, 0.2) is 0 Å². The predicted octanol–water partition coefficient (Wildman–Crippen LogP) is 0.300. The molecular formula is C10H19NO3. The zero-order valence-electron chi connectivity index (χ0n) is 8.88. The van der Waals surface area contributed by atoms with Gasteiger partial charge in [-0.25, -0.2) is 0 Å². The van der Waals surface area contributed by atoms with Crippen molar-refractivity contribution < 1.29 is 14.6 Å². The maximum atomic E-state index is 11.4. The van der Waals surface area contributed by atoms with Crippen molar-refractivity contribution >= 4 is 5.91 Å². The van der Waals surface area contributed by atoms with E-state index in [9.17, 15) is 4.79 Å². The average Bonchev–Trinajstić information content (AvgIpc) is 2.15. The number of methoxy groups -OCH3 is 1. The molecule has 1 fully saturated rings. The number of nitrogens with one attached hydrogen (secondary N) is 1. The third-order valence-electron chi connectivity index (χ3n) is 3.11. The van der Waals surface area contributed by atoms with Crippen LogP contribution in [0.4, 0.5) is 0 Å². The van der Waals surface area contributed by atoms with Crippen LogP contribution in [0.3, 0.4) is 0 Å². The molecule has 4 nitrogen and oxygen atoms in total. The van der Waals surface area contributed by atoms with Gasteiger partial charge in [0.05, 0.1) is 6.61 Å². The highest BCUT2D eigenvalue weighted by Crippen LogP contribution is 2.39. The molecular weight excluding hydrogens is 182 g/mol. The summed E-state index contributed by atoms with van der Waals surface area (Å²) in [6, 6.07) is 0. The van der Waals surface area contributed by atoms with Crippen molar-refractivity contribution in [2.24, 2.45) is 5.41 Å². The summed E-state index contributed by atoms with van der Waals surface area (Å²) >= 11 is 0. The molecule has 82 valence electrons. The van der Waals surface area contributed by atoms with Crippen molar-refractivity contribution in [2.75, 3.05) is 20.3 Å². The van der Waals surface area contributed by atoms with Gasteiger partial charge >= 0.3 is 0 Å². The van der Waals surface area contributed by atoms with E-state index >= 15 is 0 Å². The molecule has 0 aromatic rings. The van der Waals surface area contributed by atoms with Gasteiger partial charge < -0.3 is 15.2 Å². The van der Waals surface area contributed by atoms with Crippen molar-refractivity contribution in [2.45, 2.75) is 32.3 Å². The molecule has 0 radical (unpaired) electrons. The van der Waals surface area contributed by atoms with Crippen LogP contribution in [0.5, 0.6) is 0 Å². The van der Waals surface area contributed by atoms with Crippen LogP contribution in [0.2, 0.25) is 0 Å². The summed E-state index contributed by atoms with van der Waals surface area (Å²) in [4.78, 5) is 11.4. The molecule has 0 aromatic carbocycles. The van der Waals surface area contributed by atoms with Crippen LogP contribution < -0.4 is 5.32 Å². The Morgan fingerprint density at radius 1 is 1.64 bits per heavy atom. The number of carbonyl (C=O) groups excluding carboxylic acids is 1. The molecule has 0 saturated heterocycles. The van der Waals surface area contributed by atoms with Crippen LogP contribution in [0.1, 0.15) is 26.2 Å². The highest BCUT2D eigenvalue weighted by Gasteiger charge is 2.36. The summed E-state index contributed by atoms with van der Waals surface area (Å²) in [7, 11) is 1.51. The molecule has 0 unspecified atom stereocenters. The van der Waals surface area contributed by atoms with Crippen LogP contribution in [0.15, 0.2) is 0 Å². The topological polar surface area (TPSA) is 58.6 Å². The first-order chi connectivity index (χ1) is 6.63. The molecule has 0 aliphatic heterocycles. The van der Waals surface area contributed by atoms with E-state index in [4.69, 9.17) is 9.84 Å². The fraction of sp³-hybridized carbons (Fsp3) is 0.900. The number of hydrogen-bond acceptors (Lipinski definition) is 3. The number of amides is 1. The summed E-state index contributed by atoms with van der Waals surface area (Å²) in [5, 5.41) is 12.0. The fourth-order valence-electron chi connectivity index (χ4n) is 1.59. The molecule has 0 heterocycles. The number of rotatable bonds is 5. The summed E-state index contributed by atoms with van der Waals surface area (Å²) in [6.45, 7) is 2.44. The quantitative estimate of drug-likeness (QED) is 0.672. The monoisotopic (exact) mass is 201 g/mol. The Morgan fingerprint density at radius 3 is 2.64 bits per heavy atom. The van der Waals surface area contributed by atoms with Crippen molar-refractivity contribution in [3.05, 3.63) is 0 Å². The standard InChI is InChI=1S/C10H19NO3/c1-8(14-2)9(13)11-6-10(7-12)4-3-5-10/h8,12H,3-7H2,1-2H3,(H,11,13)/t8-/m0/s1. The van der Waals surface area contributed by atoms with Crippen molar-refractivity contribution in [1.29, 1.82) is 0 Å². The zero-order valence-corrected chi connectivity index (χ0v) is 8.88. The first-order valence-corrected chi connectivity index (χ1v) is 5.05. The summed E-state index contributed by atoms with van der Waals surface area (Å²) < 4.78 is 4.89. The number of hydrogen-bond donors (Lipinski definition) is 2. The van der Waals surface area contributed by atoms with E-state index in [1.165, 1.54) is 7.11 Å². The van der Waals surface area contributed by atoms with E-state index in [0.717, 1.165) is 19.3 Å². The van der Waals surface area contributed by atoms with E-state index in [1.807, 2.05) is 0 Å². The van der Waals surface area contributed by atoms with Gasteiger partial charge in [-0.15, -0.1) is 0 Å². The van der Waals surface area contributed by atoms with Gasteiger partial charge in [-0.2, -0.15) is 0 Å². The second-order valence-electron chi connectivity index (χ2n) is 4.11. The van der Waals surface area contributed by atoms with Crippen LogP contribution in [-0.2, 0) is 9.53 Å². The van der Waals surface area contributed by atoms with E-state index in [1.54, 1.807) is 6.92 Å². The largest absolute Gasteiger partial charge is 0.396 e. The Hall–Kier alpha value is -0.610. The molecule has 0 spiro atoms. The Kier molecular flexibility index (Phi) is 3.89. The lowest BCUT2D eigenvalue weighted by atomic mass is 9.69. The average molecular weight is 201 g/mol. The van der Waals surface area contributed by atoms with Crippen LogP contribution in [0.25, 0.3) is 0 Å². The van der Waals surface area contributed by atoms with E-state index in [-0.39, 0.29) is 17.9 Å². The second-order valence-corrected chi connectivity index (χ2v) is 4.11. The minimum Gasteiger partial charge on any atom is -0.396 e. The molecule has 4 heteroatoms. The Bertz CT molecular complexity index is 196. The van der Waals surface area contributed by atoms with Crippen LogP contribution in [-0.4, -0.2) is 37.4 Å². The van der Waals surface area contributed by atoms with E-state index < -0.39 is 6.10 Å². The molecule has 0 bridgehead atoms. The molecule has 1 aliphatic rings. The Morgan fingerprint density at radius 2 is 2.29 bits per heavy atom. The Balaban J connectivity index is 2.28. The van der Waals surface area contributed by atoms with Crippen molar-refractivity contribution in [3.63, 3.8) is 0 Å². The molecule has 1 aliphatic carbocycles. The van der Waals surface area contributed by atoms with Gasteiger partial charge in [0.1, 0.15) is 6.10 Å². The van der Waals surface area contributed by atoms with Crippen molar-refractivity contribution in [3.8, 4) is 0 Å². The minimum atomic E-state index is -0.411.